The summed E-state index contributed by atoms with van der Waals surface area (Å²) in [6.07, 6.45) is 14.7. The fraction of sp³-hybridized carbons (Fsp3) is 0. The molecule has 4 aromatic rings. The van der Waals surface area contributed by atoms with E-state index in [1.54, 1.807) is 54.6 Å². The molecular formula is C48H28N4O8Zn. The molecule has 13 heteroatoms. The quantitative estimate of drug-likeness (QED) is 0.127. The van der Waals surface area contributed by atoms with E-state index in [1.807, 2.05) is 42.5 Å². The van der Waals surface area contributed by atoms with Crippen LogP contribution in [0.25, 0.3) is 22.3 Å². The van der Waals surface area contributed by atoms with Gasteiger partial charge in [0.05, 0.1) is 67.9 Å². The molecule has 4 aromatic carbocycles. The molecular weight excluding hydrogens is 826 g/mol. The Labute approximate surface area is 359 Å². The van der Waals surface area contributed by atoms with Crippen LogP contribution in [0.2, 0.25) is 0 Å². The number of carbonyl (C=O) groups is 4. The number of fused-ring (bicyclic) bond motifs is 4. The second-order valence-corrected chi connectivity index (χ2v) is 14.0. The first-order chi connectivity index (χ1) is 29.0. The molecule has 9 rings (SSSR count). The molecule has 5 aliphatic heterocycles. The summed E-state index contributed by atoms with van der Waals surface area (Å²) in [5.41, 5.74) is 9.05. The van der Waals surface area contributed by atoms with Crippen molar-refractivity contribution in [3.8, 4) is 0 Å². The average molecular weight is 854 g/mol. The van der Waals surface area contributed by atoms with Crippen molar-refractivity contribution in [3.63, 3.8) is 0 Å². The third-order valence-electron chi connectivity index (χ3n) is 10.2. The molecule has 0 aromatic heterocycles. The predicted molar refractivity (Wildman–Crippen MR) is 228 cm³/mol. The maximum absolute atomic E-state index is 12.1. The van der Waals surface area contributed by atoms with Crippen molar-refractivity contribution in [3.05, 3.63) is 213 Å². The van der Waals surface area contributed by atoms with Crippen LogP contribution in [0.5, 0.6) is 0 Å². The van der Waals surface area contributed by atoms with Crippen LogP contribution in [0.1, 0.15) is 63.7 Å². The first kappa shape index (κ1) is 39.8. The van der Waals surface area contributed by atoms with Gasteiger partial charge in [-0.3, -0.25) is 0 Å². The van der Waals surface area contributed by atoms with Crippen LogP contribution in [-0.4, -0.2) is 67.2 Å². The maximum atomic E-state index is 12.1. The second-order valence-electron chi connectivity index (χ2n) is 14.0. The summed E-state index contributed by atoms with van der Waals surface area (Å²) in [5.74, 6) is -4.43. The van der Waals surface area contributed by atoms with Crippen molar-refractivity contribution in [1.82, 2.24) is 0 Å². The van der Waals surface area contributed by atoms with Crippen molar-refractivity contribution in [2.24, 2.45) is 20.0 Å². The van der Waals surface area contributed by atoms with Gasteiger partial charge in [-0.2, -0.15) is 0 Å². The van der Waals surface area contributed by atoms with Gasteiger partial charge >= 0.3 is 23.9 Å². The zero-order valence-corrected chi connectivity index (χ0v) is 34.7. The van der Waals surface area contributed by atoms with Crippen LogP contribution in [0.3, 0.4) is 0 Å². The molecule has 0 amide bonds. The number of carboxylic acids is 4. The summed E-state index contributed by atoms with van der Waals surface area (Å²) >= 11 is 0. The molecule has 12 nitrogen and oxygen atoms in total. The number of aliphatic imine (C=N–C) groups is 4. The molecule has 0 unspecified atom stereocenters. The molecule has 0 fully saturated rings. The Morgan fingerprint density at radius 1 is 0.377 bits per heavy atom. The SMILES string of the molecule is O=C(O)c1ccc(C2=CC3=CC4=NC(=CC5=NC(=CC6=NC(=C(c7ccc(C(=O)O)cc7)C2=N3)C(c2ccc(C(=O)O)cc2)=C6c2ccc(C(=O)O)cc2)C=C5)C=C4)cc1.[Zn]. The van der Waals surface area contributed by atoms with E-state index in [0.717, 1.165) is 0 Å². The zero-order chi connectivity index (χ0) is 41.7. The van der Waals surface area contributed by atoms with E-state index in [0.29, 0.717) is 90.2 Å². The third-order valence-corrected chi connectivity index (χ3v) is 10.2. The standard InChI is InChI=1S/C48H28N4O8.Zn/c53-45(54)29-9-1-25(2-10-29)38-23-37-22-35-18-17-33(49-35)21-34-19-20-36(50-34)24-39-40(26-3-11-30(12-4-26)46(55)56)41(27-5-13-31(14-6-27)47(57)58)44(52-39)42(43(38)51-37)28-7-15-32(16-8-28)48(59)60;/h1-24H,(H,53,54)(H,55,56)(H,57,58)(H,59,60);. The molecule has 0 radical (unpaired) electrons. The van der Waals surface area contributed by atoms with E-state index >= 15 is 0 Å². The van der Waals surface area contributed by atoms with Crippen LogP contribution in [0.4, 0.5) is 0 Å². The summed E-state index contributed by atoms with van der Waals surface area (Å²) < 4.78 is 0. The number of carboxylic acid groups (broad SMARTS) is 4. The molecule has 4 N–H and O–H groups in total. The van der Waals surface area contributed by atoms with Gasteiger partial charge in [-0.1, -0.05) is 48.5 Å². The number of hydrogen-bond donors (Lipinski definition) is 4. The Kier molecular flexibility index (Phi) is 10.4. The molecule has 61 heavy (non-hydrogen) atoms. The summed E-state index contributed by atoms with van der Waals surface area (Å²) in [6, 6.07) is 25.3. The maximum Gasteiger partial charge on any atom is 0.335 e. The van der Waals surface area contributed by atoms with E-state index < -0.39 is 23.9 Å². The van der Waals surface area contributed by atoms with Gasteiger partial charge < -0.3 is 20.4 Å². The smallest absolute Gasteiger partial charge is 0.335 e. The first-order valence-electron chi connectivity index (χ1n) is 18.4. The van der Waals surface area contributed by atoms with E-state index in [1.165, 1.54) is 48.5 Å². The Balaban J connectivity index is 0.00000514. The minimum atomic E-state index is -1.12. The number of rotatable bonds is 8. The van der Waals surface area contributed by atoms with Crippen molar-refractivity contribution in [2.45, 2.75) is 0 Å². The van der Waals surface area contributed by atoms with Crippen LogP contribution in [0, 0.1) is 0 Å². The Bertz CT molecular complexity index is 3030. The van der Waals surface area contributed by atoms with Gasteiger partial charge in [0, 0.05) is 41.8 Å². The molecule has 5 aliphatic rings. The van der Waals surface area contributed by atoms with Crippen molar-refractivity contribution >= 4 is 69.0 Å². The molecule has 5 heterocycles. The largest absolute Gasteiger partial charge is 0.478 e. The third kappa shape index (κ3) is 7.69. The van der Waals surface area contributed by atoms with Crippen LogP contribution >= 0.6 is 0 Å². The fourth-order valence-corrected chi connectivity index (χ4v) is 7.33. The van der Waals surface area contributed by atoms with Gasteiger partial charge in [0.15, 0.2) is 0 Å². The monoisotopic (exact) mass is 852 g/mol. The topological polar surface area (TPSA) is 199 Å². The molecule has 0 spiro atoms. The number of nitrogens with zero attached hydrogens (tertiary/aromatic N) is 4. The Morgan fingerprint density at radius 2 is 0.770 bits per heavy atom. The Hall–Kier alpha value is -8.02. The predicted octanol–water partition coefficient (Wildman–Crippen LogP) is 8.48. The molecule has 0 saturated heterocycles. The number of allylic oxidation sites excluding steroid dienone is 12. The summed E-state index contributed by atoms with van der Waals surface area (Å²) in [6.45, 7) is 0. The number of benzene rings is 4. The fourth-order valence-electron chi connectivity index (χ4n) is 7.33. The van der Waals surface area contributed by atoms with E-state index in [2.05, 4.69) is 0 Å². The zero-order valence-electron chi connectivity index (χ0n) is 31.8. The molecule has 290 valence electrons. The molecule has 0 aliphatic carbocycles. The Morgan fingerprint density at radius 3 is 1.23 bits per heavy atom. The van der Waals surface area contributed by atoms with Gasteiger partial charge in [-0.15, -0.1) is 0 Å². The van der Waals surface area contributed by atoms with Crippen LogP contribution in [-0.2, 0) is 19.5 Å². The molecule has 0 saturated carbocycles. The first-order valence-corrected chi connectivity index (χ1v) is 18.4. The van der Waals surface area contributed by atoms with Crippen molar-refractivity contribution in [2.75, 3.05) is 0 Å². The summed E-state index contributed by atoms with van der Waals surface area (Å²) in [7, 11) is 0. The molecule has 0 atom stereocenters. The van der Waals surface area contributed by atoms with E-state index in [4.69, 9.17) is 20.0 Å². The van der Waals surface area contributed by atoms with E-state index in [9.17, 15) is 39.6 Å². The minimum Gasteiger partial charge on any atom is -0.478 e. The second kappa shape index (κ2) is 16.0. The van der Waals surface area contributed by atoms with Gasteiger partial charge in [-0.05, 0) is 119 Å². The normalized spacial score (nSPS) is 16.1. The summed E-state index contributed by atoms with van der Waals surface area (Å²) in [5, 5.41) is 39.2. The van der Waals surface area contributed by atoms with Gasteiger partial charge in [-0.25, -0.2) is 39.1 Å². The van der Waals surface area contributed by atoms with Gasteiger partial charge in [0.25, 0.3) is 0 Å². The van der Waals surface area contributed by atoms with Gasteiger partial charge in [0.1, 0.15) is 0 Å². The van der Waals surface area contributed by atoms with E-state index in [-0.39, 0.29) is 41.7 Å². The minimum absolute atomic E-state index is 0. The van der Waals surface area contributed by atoms with Gasteiger partial charge in [0.2, 0.25) is 0 Å². The number of aromatic carboxylic acids is 4. The van der Waals surface area contributed by atoms with Crippen LogP contribution in [0.15, 0.2) is 188 Å². The molecule has 8 bridgehead atoms. The van der Waals surface area contributed by atoms with Crippen LogP contribution < -0.4 is 0 Å². The number of hydrogen-bond acceptors (Lipinski definition) is 8. The van der Waals surface area contributed by atoms with Crippen molar-refractivity contribution < 1.29 is 59.1 Å². The van der Waals surface area contributed by atoms with Crippen molar-refractivity contribution in [1.29, 1.82) is 0 Å². The average Bonchev–Trinajstić information content (AvgIpc) is 4.06. The summed E-state index contributed by atoms with van der Waals surface area (Å²) in [4.78, 5) is 68.1.